The molecule has 1 rings (SSSR count). The molecule has 0 spiro atoms. The monoisotopic (exact) mass is 212 g/mol. The van der Waals surface area contributed by atoms with Crippen LogP contribution >= 0.6 is 0 Å². The van der Waals surface area contributed by atoms with E-state index in [-0.39, 0.29) is 17.0 Å². The number of hydrogen-bond donors (Lipinski definition) is 2. The van der Waals surface area contributed by atoms with Gasteiger partial charge >= 0.3 is 12.0 Å². The molecule has 0 aromatic carbocycles. The molecule has 1 heterocycles. The predicted molar refractivity (Wildman–Crippen MR) is 60.5 cm³/mol. The van der Waals surface area contributed by atoms with Gasteiger partial charge in [0, 0.05) is 5.54 Å². The number of aromatic nitrogens is 2. The first-order chi connectivity index (χ1) is 6.68. The van der Waals surface area contributed by atoms with Gasteiger partial charge in [-0.2, -0.15) is 0 Å². The van der Waals surface area contributed by atoms with Gasteiger partial charge in [-0.05, 0) is 25.7 Å². The molecule has 0 unspecified atom stereocenters. The largest absolute Gasteiger partial charge is 0.390 e. The number of nitrogen functional groups attached to an aromatic ring is 1. The molecule has 1 aromatic heterocycles. The third kappa shape index (κ3) is 4.18. The van der Waals surface area contributed by atoms with Crippen molar-refractivity contribution in [3.05, 3.63) is 0 Å². The molecule has 15 heavy (non-hydrogen) atoms. The lowest BCUT2D eigenvalue weighted by atomic mass is 9.82. The average Bonchev–Trinajstić information content (AvgIpc) is 2.27. The van der Waals surface area contributed by atoms with Gasteiger partial charge in [-0.1, -0.05) is 31.0 Å². The molecule has 0 saturated carbocycles. The van der Waals surface area contributed by atoms with Crippen molar-refractivity contribution in [2.75, 3.05) is 11.1 Å². The SMILES string of the molecule is CC(C)(C)CC(C)(C)Nc1nnc(N)o1. The zero-order chi connectivity index (χ0) is 11.7. The van der Waals surface area contributed by atoms with Crippen LogP contribution < -0.4 is 11.1 Å². The zero-order valence-electron chi connectivity index (χ0n) is 10.1. The Balaban J connectivity index is 2.64. The van der Waals surface area contributed by atoms with Crippen LogP contribution in [-0.2, 0) is 0 Å². The quantitative estimate of drug-likeness (QED) is 0.803. The molecule has 3 N–H and O–H groups in total. The van der Waals surface area contributed by atoms with Crippen LogP contribution in [0.15, 0.2) is 4.42 Å². The number of anilines is 2. The molecule has 0 radical (unpaired) electrons. The Labute approximate surface area is 90.4 Å². The summed E-state index contributed by atoms with van der Waals surface area (Å²) < 4.78 is 5.08. The lowest BCUT2D eigenvalue weighted by molar-refractivity contribution is 0.298. The van der Waals surface area contributed by atoms with E-state index in [1.54, 1.807) is 0 Å². The van der Waals surface area contributed by atoms with Gasteiger partial charge in [0.1, 0.15) is 0 Å². The molecular weight excluding hydrogens is 192 g/mol. The van der Waals surface area contributed by atoms with E-state index in [2.05, 4.69) is 50.1 Å². The van der Waals surface area contributed by atoms with Crippen LogP contribution in [0.2, 0.25) is 0 Å². The third-order valence-corrected chi connectivity index (χ3v) is 1.86. The average molecular weight is 212 g/mol. The first kappa shape index (κ1) is 11.8. The van der Waals surface area contributed by atoms with E-state index >= 15 is 0 Å². The highest BCUT2D eigenvalue weighted by molar-refractivity contribution is 5.26. The third-order valence-electron chi connectivity index (χ3n) is 1.86. The van der Waals surface area contributed by atoms with E-state index in [4.69, 9.17) is 10.2 Å². The Morgan fingerprint density at radius 2 is 1.80 bits per heavy atom. The van der Waals surface area contributed by atoms with Crippen molar-refractivity contribution in [2.24, 2.45) is 5.41 Å². The Bertz CT molecular complexity index is 324. The minimum atomic E-state index is -0.1000. The van der Waals surface area contributed by atoms with Gasteiger partial charge < -0.3 is 15.5 Å². The van der Waals surface area contributed by atoms with E-state index in [1.165, 1.54) is 0 Å². The van der Waals surface area contributed by atoms with Gasteiger partial charge in [-0.3, -0.25) is 0 Å². The highest BCUT2D eigenvalue weighted by Crippen LogP contribution is 2.29. The summed E-state index contributed by atoms with van der Waals surface area (Å²) in [7, 11) is 0. The normalized spacial score (nSPS) is 12.9. The summed E-state index contributed by atoms with van der Waals surface area (Å²) in [5.74, 6) is 0. The molecule has 5 nitrogen and oxygen atoms in total. The first-order valence-electron chi connectivity index (χ1n) is 5.05. The lowest BCUT2D eigenvalue weighted by Crippen LogP contribution is -2.35. The molecule has 1 aromatic rings. The number of rotatable bonds is 3. The number of nitrogens with two attached hydrogens (primary N) is 1. The highest BCUT2D eigenvalue weighted by Gasteiger charge is 2.26. The standard InChI is InChI=1S/C10H20N4O/c1-9(2,3)6-10(4,5)12-8-14-13-7(11)15-8/h6H2,1-5H3,(H2,11,13)(H,12,14). The second-order valence-corrected chi connectivity index (χ2v) is 5.69. The van der Waals surface area contributed by atoms with E-state index in [0.29, 0.717) is 6.01 Å². The van der Waals surface area contributed by atoms with Gasteiger partial charge in [-0.25, -0.2) is 0 Å². The second kappa shape index (κ2) is 3.72. The minimum absolute atomic E-state index is 0.0871. The van der Waals surface area contributed by atoms with Gasteiger partial charge in [0.25, 0.3) is 0 Å². The van der Waals surface area contributed by atoms with Crippen LogP contribution in [0.4, 0.5) is 12.0 Å². The smallest absolute Gasteiger partial charge is 0.317 e. The Hall–Kier alpha value is -1.26. The van der Waals surface area contributed by atoms with E-state index < -0.39 is 0 Å². The van der Waals surface area contributed by atoms with Crippen LogP contribution in [-0.4, -0.2) is 15.7 Å². The summed E-state index contributed by atoms with van der Waals surface area (Å²) in [5.41, 5.74) is 5.48. The van der Waals surface area contributed by atoms with Crippen LogP contribution in [0.25, 0.3) is 0 Å². The maximum atomic E-state index is 5.34. The molecule has 0 saturated heterocycles. The molecule has 0 aliphatic rings. The molecule has 5 heteroatoms. The molecular formula is C10H20N4O. The molecule has 86 valence electrons. The molecule has 0 bridgehead atoms. The Morgan fingerprint density at radius 3 is 2.20 bits per heavy atom. The van der Waals surface area contributed by atoms with Crippen LogP contribution in [0, 0.1) is 5.41 Å². The van der Waals surface area contributed by atoms with Gasteiger partial charge in [0.15, 0.2) is 0 Å². The first-order valence-corrected chi connectivity index (χ1v) is 5.05. The minimum Gasteiger partial charge on any atom is -0.390 e. The summed E-state index contributed by atoms with van der Waals surface area (Å²) in [6.07, 6.45) is 0.988. The molecule has 0 aliphatic carbocycles. The van der Waals surface area contributed by atoms with Gasteiger partial charge in [-0.15, -0.1) is 0 Å². The van der Waals surface area contributed by atoms with Crippen molar-refractivity contribution in [3.63, 3.8) is 0 Å². The Kier molecular flexibility index (Phi) is 2.93. The van der Waals surface area contributed by atoms with Crippen molar-refractivity contribution in [1.29, 1.82) is 0 Å². The maximum Gasteiger partial charge on any atom is 0.317 e. The predicted octanol–water partition coefficient (Wildman–Crippen LogP) is 2.28. The number of hydrogen-bond acceptors (Lipinski definition) is 5. The van der Waals surface area contributed by atoms with Crippen molar-refractivity contribution in [1.82, 2.24) is 10.2 Å². The topological polar surface area (TPSA) is 77.0 Å². The summed E-state index contributed by atoms with van der Waals surface area (Å²) in [5, 5.41) is 10.5. The summed E-state index contributed by atoms with van der Waals surface area (Å²) >= 11 is 0. The van der Waals surface area contributed by atoms with Crippen LogP contribution in [0.1, 0.15) is 41.0 Å². The molecule has 0 atom stereocenters. The summed E-state index contributed by atoms with van der Waals surface area (Å²) in [6, 6.07) is 0.464. The molecule has 0 fully saturated rings. The highest BCUT2D eigenvalue weighted by atomic mass is 16.4. The Morgan fingerprint density at radius 1 is 1.20 bits per heavy atom. The zero-order valence-corrected chi connectivity index (χ0v) is 10.1. The molecule has 0 aliphatic heterocycles. The fraction of sp³-hybridized carbons (Fsp3) is 0.800. The second-order valence-electron chi connectivity index (χ2n) is 5.69. The van der Waals surface area contributed by atoms with E-state index in [0.717, 1.165) is 6.42 Å². The number of nitrogens with zero attached hydrogens (tertiary/aromatic N) is 2. The van der Waals surface area contributed by atoms with E-state index in [1.807, 2.05) is 0 Å². The van der Waals surface area contributed by atoms with Crippen molar-refractivity contribution in [2.45, 2.75) is 46.6 Å². The van der Waals surface area contributed by atoms with Gasteiger partial charge in [0.2, 0.25) is 0 Å². The number of nitrogens with one attached hydrogen (secondary N) is 1. The summed E-state index contributed by atoms with van der Waals surface area (Å²) in [4.78, 5) is 0. The van der Waals surface area contributed by atoms with Crippen molar-refractivity contribution in [3.8, 4) is 0 Å². The van der Waals surface area contributed by atoms with Crippen LogP contribution in [0.5, 0.6) is 0 Å². The lowest BCUT2D eigenvalue weighted by Gasteiger charge is -2.32. The fourth-order valence-electron chi connectivity index (χ4n) is 1.94. The van der Waals surface area contributed by atoms with E-state index in [9.17, 15) is 0 Å². The van der Waals surface area contributed by atoms with Crippen molar-refractivity contribution >= 4 is 12.0 Å². The van der Waals surface area contributed by atoms with Crippen LogP contribution in [0.3, 0.4) is 0 Å². The fourth-order valence-corrected chi connectivity index (χ4v) is 1.94. The van der Waals surface area contributed by atoms with Crippen molar-refractivity contribution < 1.29 is 4.42 Å². The van der Waals surface area contributed by atoms with Gasteiger partial charge in [0.05, 0.1) is 0 Å². The molecule has 0 amide bonds. The maximum absolute atomic E-state index is 5.34. The summed E-state index contributed by atoms with van der Waals surface area (Å²) in [6.45, 7) is 10.8.